The molecule has 2 aliphatic rings. The van der Waals surface area contributed by atoms with Crippen LogP contribution in [-0.4, -0.2) is 56.1 Å². The molecule has 20 heavy (non-hydrogen) atoms. The van der Waals surface area contributed by atoms with Gasteiger partial charge in [-0.05, 0) is 0 Å². The Kier molecular flexibility index (Phi) is 3.30. The van der Waals surface area contributed by atoms with Crippen LogP contribution in [0.15, 0.2) is 11.3 Å². The molecular weight excluding hydrogens is 270 g/mol. The summed E-state index contributed by atoms with van der Waals surface area (Å²) >= 11 is 0. The number of imidazole rings is 1. The standard InChI is InChI=1S/C10H15N5O5/c11-8-5-9(13-3-15(8)19)14(2-12-5)10-7(18)6(17)4(1-16)20-10/h2-4,6-8,10,15-18H,1,11H2. The van der Waals surface area contributed by atoms with E-state index in [1.807, 2.05) is 0 Å². The summed E-state index contributed by atoms with van der Waals surface area (Å²) in [6.07, 6.45) is -2.78. The summed E-state index contributed by atoms with van der Waals surface area (Å²) in [6, 6.07) is 0. The summed E-state index contributed by atoms with van der Waals surface area (Å²) in [5.74, 6) is 0.298. The Hall–Kier alpha value is -1.40. The Bertz CT molecular complexity index is 534. The fourth-order valence-corrected chi connectivity index (χ4v) is 2.36. The molecule has 0 saturated carbocycles. The smallest absolute Gasteiger partial charge is 0.192 e. The maximum atomic E-state index is 11.4. The predicted molar refractivity (Wildman–Crippen MR) is 64.6 cm³/mol. The number of ether oxygens (including phenoxy) is 1. The molecule has 0 amide bonds. The summed E-state index contributed by atoms with van der Waals surface area (Å²) in [6.45, 7) is -0.424. The summed E-state index contributed by atoms with van der Waals surface area (Å²) in [5.41, 5.74) is 6.00. The minimum Gasteiger partial charge on any atom is -0.627 e. The van der Waals surface area contributed by atoms with Crippen molar-refractivity contribution in [2.75, 3.05) is 6.61 Å². The van der Waals surface area contributed by atoms with E-state index in [0.717, 1.165) is 6.34 Å². The third-order valence-electron chi connectivity index (χ3n) is 3.50. The van der Waals surface area contributed by atoms with Crippen molar-refractivity contribution in [3.8, 4) is 0 Å². The Morgan fingerprint density at radius 2 is 2.20 bits per heavy atom. The lowest BCUT2D eigenvalue weighted by Crippen LogP contribution is -3.08. The van der Waals surface area contributed by atoms with Gasteiger partial charge in [0.15, 0.2) is 30.2 Å². The van der Waals surface area contributed by atoms with E-state index in [0.29, 0.717) is 5.82 Å². The van der Waals surface area contributed by atoms with E-state index >= 15 is 0 Å². The summed E-state index contributed by atoms with van der Waals surface area (Å²) in [7, 11) is 0. The number of aliphatic hydroxyl groups is 3. The zero-order chi connectivity index (χ0) is 14.4. The van der Waals surface area contributed by atoms with E-state index in [1.54, 1.807) is 0 Å². The van der Waals surface area contributed by atoms with E-state index < -0.39 is 37.3 Å². The van der Waals surface area contributed by atoms with Crippen molar-refractivity contribution in [3.05, 3.63) is 17.2 Å². The Morgan fingerprint density at radius 3 is 2.85 bits per heavy atom. The van der Waals surface area contributed by atoms with Gasteiger partial charge < -0.3 is 30.3 Å². The summed E-state index contributed by atoms with van der Waals surface area (Å²) in [5, 5.41) is 39.8. The minimum absolute atomic E-state index is 0.287. The van der Waals surface area contributed by atoms with Crippen LogP contribution >= 0.6 is 0 Å². The molecule has 0 spiro atoms. The number of hydrogen-bond acceptors (Lipinski definition) is 8. The topological polar surface area (TPSA) is 154 Å². The molecular formula is C10H15N5O5. The van der Waals surface area contributed by atoms with E-state index in [9.17, 15) is 15.4 Å². The number of nitrogens with one attached hydrogen (secondary N) is 1. The highest BCUT2D eigenvalue weighted by Gasteiger charge is 2.44. The molecule has 6 atom stereocenters. The quantitative estimate of drug-likeness (QED) is 0.353. The number of nitrogens with zero attached hydrogens (tertiary/aromatic N) is 3. The number of nitrogens with two attached hydrogens (primary N) is 1. The van der Waals surface area contributed by atoms with E-state index in [2.05, 4.69) is 9.98 Å². The second-order valence-electron chi connectivity index (χ2n) is 4.73. The van der Waals surface area contributed by atoms with Gasteiger partial charge in [0.25, 0.3) is 0 Å². The zero-order valence-corrected chi connectivity index (χ0v) is 10.3. The average molecular weight is 285 g/mol. The molecule has 2 aliphatic heterocycles. The maximum Gasteiger partial charge on any atom is 0.192 e. The average Bonchev–Trinajstić information content (AvgIpc) is 2.98. The fourth-order valence-electron chi connectivity index (χ4n) is 2.36. The Labute approximate surface area is 113 Å². The second kappa shape index (κ2) is 4.86. The first-order valence-electron chi connectivity index (χ1n) is 6.07. The van der Waals surface area contributed by atoms with Gasteiger partial charge in [0.1, 0.15) is 18.3 Å². The Balaban J connectivity index is 1.95. The lowest BCUT2D eigenvalue weighted by molar-refractivity contribution is -0.780. The predicted octanol–water partition coefficient (Wildman–Crippen LogP) is -3.49. The second-order valence-corrected chi connectivity index (χ2v) is 4.73. The van der Waals surface area contributed by atoms with Crippen molar-refractivity contribution in [2.45, 2.75) is 30.7 Å². The normalized spacial score (nSPS) is 40.0. The van der Waals surface area contributed by atoms with Crippen LogP contribution in [0.4, 0.5) is 5.82 Å². The number of aliphatic imine (C=N–C) groups is 1. The van der Waals surface area contributed by atoms with Crippen LogP contribution < -0.4 is 10.8 Å². The number of hydrogen-bond donors (Lipinski definition) is 5. The zero-order valence-electron chi connectivity index (χ0n) is 10.3. The first kappa shape index (κ1) is 13.6. The van der Waals surface area contributed by atoms with Crippen LogP contribution in [0.2, 0.25) is 0 Å². The molecule has 6 N–H and O–H groups in total. The highest BCUT2D eigenvalue weighted by atomic mass is 16.6. The maximum absolute atomic E-state index is 11.4. The van der Waals surface area contributed by atoms with Crippen molar-refractivity contribution < 1.29 is 25.1 Å². The van der Waals surface area contributed by atoms with Crippen molar-refractivity contribution in [2.24, 2.45) is 10.7 Å². The SMILES string of the molecule is NC1c2ncn(C3OC(CO)C(O)C3O)c2N=C[NH+]1[O-]. The number of quaternary nitrogens is 1. The van der Waals surface area contributed by atoms with Gasteiger partial charge in [-0.25, -0.2) is 4.98 Å². The molecule has 6 unspecified atom stereocenters. The largest absolute Gasteiger partial charge is 0.627 e. The van der Waals surface area contributed by atoms with Crippen LogP contribution in [0.1, 0.15) is 18.1 Å². The van der Waals surface area contributed by atoms with Gasteiger partial charge in [0, 0.05) is 0 Å². The van der Waals surface area contributed by atoms with Crippen LogP contribution in [0.5, 0.6) is 0 Å². The lowest BCUT2D eigenvalue weighted by Gasteiger charge is -2.26. The summed E-state index contributed by atoms with van der Waals surface area (Å²) in [4.78, 5) is 7.96. The minimum atomic E-state index is -1.24. The van der Waals surface area contributed by atoms with E-state index in [1.165, 1.54) is 10.9 Å². The molecule has 0 aliphatic carbocycles. The monoisotopic (exact) mass is 285 g/mol. The number of aromatic nitrogens is 2. The number of rotatable bonds is 2. The van der Waals surface area contributed by atoms with Crippen molar-refractivity contribution >= 4 is 12.2 Å². The highest BCUT2D eigenvalue weighted by molar-refractivity contribution is 5.56. The summed E-state index contributed by atoms with van der Waals surface area (Å²) < 4.78 is 6.77. The number of hydroxylamine groups is 2. The first-order valence-corrected chi connectivity index (χ1v) is 6.07. The third-order valence-corrected chi connectivity index (χ3v) is 3.50. The van der Waals surface area contributed by atoms with E-state index in [-0.39, 0.29) is 10.8 Å². The van der Waals surface area contributed by atoms with Gasteiger partial charge >= 0.3 is 0 Å². The first-order chi connectivity index (χ1) is 9.54. The molecule has 1 aromatic rings. The Morgan fingerprint density at radius 1 is 1.45 bits per heavy atom. The van der Waals surface area contributed by atoms with Gasteiger partial charge in [-0.3, -0.25) is 10.3 Å². The molecule has 10 nitrogen and oxygen atoms in total. The van der Waals surface area contributed by atoms with Crippen LogP contribution in [0.3, 0.4) is 0 Å². The van der Waals surface area contributed by atoms with Gasteiger partial charge in [0.05, 0.1) is 12.9 Å². The van der Waals surface area contributed by atoms with Gasteiger partial charge in [-0.2, -0.15) is 4.99 Å². The van der Waals surface area contributed by atoms with Gasteiger partial charge in [-0.15, -0.1) is 0 Å². The lowest BCUT2D eigenvalue weighted by atomic mass is 10.1. The molecule has 1 saturated heterocycles. The molecule has 1 aromatic heterocycles. The molecule has 110 valence electrons. The third kappa shape index (κ3) is 1.86. The molecule has 3 rings (SSSR count). The molecule has 0 radical (unpaired) electrons. The molecule has 0 aromatic carbocycles. The fraction of sp³-hybridized carbons (Fsp3) is 0.600. The van der Waals surface area contributed by atoms with Crippen molar-refractivity contribution in [1.82, 2.24) is 9.55 Å². The van der Waals surface area contributed by atoms with Crippen molar-refractivity contribution in [1.29, 1.82) is 0 Å². The molecule has 1 fully saturated rings. The van der Waals surface area contributed by atoms with Crippen LogP contribution in [0.25, 0.3) is 0 Å². The number of fused-ring (bicyclic) bond motifs is 1. The van der Waals surface area contributed by atoms with Crippen molar-refractivity contribution in [3.63, 3.8) is 0 Å². The van der Waals surface area contributed by atoms with Crippen LogP contribution in [0, 0.1) is 5.21 Å². The molecule has 10 heteroatoms. The van der Waals surface area contributed by atoms with Crippen LogP contribution in [-0.2, 0) is 4.74 Å². The van der Waals surface area contributed by atoms with Gasteiger partial charge in [-0.1, -0.05) is 0 Å². The van der Waals surface area contributed by atoms with E-state index in [4.69, 9.17) is 15.6 Å². The molecule has 3 heterocycles. The highest BCUT2D eigenvalue weighted by Crippen LogP contribution is 2.34. The number of aliphatic hydroxyl groups excluding tert-OH is 3. The van der Waals surface area contributed by atoms with Gasteiger partial charge in [0.2, 0.25) is 0 Å². The molecule has 0 bridgehead atoms.